The first kappa shape index (κ1) is 12.2. The zero-order valence-corrected chi connectivity index (χ0v) is 8.91. The van der Waals surface area contributed by atoms with E-state index in [1.54, 1.807) is 4.72 Å². The van der Waals surface area contributed by atoms with E-state index in [0.717, 1.165) is 25.4 Å². The van der Waals surface area contributed by atoms with Crippen LogP contribution in [0.2, 0.25) is 0 Å². The van der Waals surface area contributed by atoms with Crippen molar-refractivity contribution in [1.29, 1.82) is 0 Å². The molecule has 0 aliphatic carbocycles. The van der Waals surface area contributed by atoms with Crippen molar-refractivity contribution < 1.29 is 22.3 Å². The maximum absolute atomic E-state index is 12.4. The van der Waals surface area contributed by atoms with E-state index in [1.165, 1.54) is 0 Å². The number of rotatable bonds is 3. The molecule has 1 amide bonds. The van der Waals surface area contributed by atoms with Gasteiger partial charge in [-0.25, -0.2) is 14.5 Å². The van der Waals surface area contributed by atoms with Crippen molar-refractivity contribution in [2.24, 2.45) is 0 Å². The van der Waals surface area contributed by atoms with Gasteiger partial charge in [-0.2, -0.15) is 12.8 Å². The van der Waals surface area contributed by atoms with Gasteiger partial charge in [-0.1, -0.05) is 0 Å². The molecule has 0 spiro atoms. The third-order valence-electron chi connectivity index (χ3n) is 1.38. The largest absolute Gasteiger partial charge is 0.452 e. The molecule has 0 unspecified atom stereocenters. The summed E-state index contributed by atoms with van der Waals surface area (Å²) in [7, 11) is -3.08. The minimum absolute atomic E-state index is 0.0119. The first-order chi connectivity index (χ1) is 7.43. The predicted molar refractivity (Wildman–Crippen MR) is 52.3 cm³/mol. The zero-order chi connectivity index (χ0) is 12.2. The molecular weight excluding hydrogens is 241 g/mol. The molecule has 0 aliphatic rings. The van der Waals surface area contributed by atoms with Crippen LogP contribution in [0, 0.1) is 5.95 Å². The van der Waals surface area contributed by atoms with Crippen LogP contribution in [0.5, 0.6) is 0 Å². The second-order valence-corrected chi connectivity index (χ2v) is 3.98. The molecule has 0 atom stereocenters. The molecule has 1 aromatic rings. The van der Waals surface area contributed by atoms with Crippen LogP contribution in [0.4, 0.5) is 14.9 Å². The van der Waals surface area contributed by atoms with E-state index in [9.17, 15) is 17.6 Å². The number of amides is 1. The lowest BCUT2D eigenvalue weighted by Gasteiger charge is -2.07. The molecule has 0 saturated heterocycles. The van der Waals surface area contributed by atoms with Gasteiger partial charge in [-0.3, -0.25) is 4.72 Å². The van der Waals surface area contributed by atoms with E-state index in [0.29, 0.717) is 0 Å². The smallest absolute Gasteiger partial charge is 0.422 e. The Balaban J connectivity index is 2.73. The van der Waals surface area contributed by atoms with E-state index >= 15 is 0 Å². The highest BCUT2D eigenvalue weighted by Gasteiger charge is 2.14. The fraction of sp³-hybridized carbons (Fsp3) is 0.143. The van der Waals surface area contributed by atoms with Gasteiger partial charge < -0.3 is 4.74 Å². The first-order valence-electron chi connectivity index (χ1n) is 3.93. The van der Waals surface area contributed by atoms with Crippen molar-refractivity contribution >= 4 is 22.0 Å². The summed E-state index contributed by atoms with van der Waals surface area (Å²) < 4.78 is 42.4. The molecule has 2 N–H and O–H groups in total. The van der Waals surface area contributed by atoms with Gasteiger partial charge in [-0.05, 0) is 12.1 Å². The third-order valence-corrected chi connectivity index (χ3v) is 2.32. The van der Waals surface area contributed by atoms with Gasteiger partial charge in [0.1, 0.15) is 0 Å². The number of aromatic nitrogens is 1. The van der Waals surface area contributed by atoms with Gasteiger partial charge in [0.2, 0.25) is 5.95 Å². The molecule has 1 rings (SSSR count). The van der Waals surface area contributed by atoms with E-state index in [-0.39, 0.29) is 5.69 Å². The Bertz CT molecular complexity index is 473. The topological polar surface area (TPSA) is 97.4 Å². The van der Waals surface area contributed by atoms with Crippen molar-refractivity contribution in [3.8, 4) is 0 Å². The van der Waals surface area contributed by atoms with Crippen LogP contribution >= 0.6 is 0 Å². The van der Waals surface area contributed by atoms with Gasteiger partial charge in [0.15, 0.2) is 0 Å². The summed E-state index contributed by atoms with van der Waals surface area (Å²) in [6.07, 6.45) is -0.172. The number of anilines is 1. The molecule has 9 heteroatoms. The summed E-state index contributed by atoms with van der Waals surface area (Å²) in [6, 6.07) is 2.12. The van der Waals surface area contributed by atoms with Crippen molar-refractivity contribution in [3.63, 3.8) is 0 Å². The van der Waals surface area contributed by atoms with Crippen LogP contribution in [0.15, 0.2) is 18.3 Å². The van der Waals surface area contributed by atoms with Crippen LogP contribution in [0.25, 0.3) is 0 Å². The summed E-state index contributed by atoms with van der Waals surface area (Å²) in [6.45, 7) is 0. The molecule has 0 fully saturated rings. The second kappa shape index (κ2) is 4.75. The quantitative estimate of drug-likeness (QED) is 0.747. The molecule has 0 aromatic carbocycles. The Kier molecular flexibility index (Phi) is 3.61. The van der Waals surface area contributed by atoms with Crippen molar-refractivity contribution in [3.05, 3.63) is 24.3 Å². The maximum Gasteiger partial charge on any atom is 0.422 e. The van der Waals surface area contributed by atoms with Gasteiger partial charge in [0.05, 0.1) is 19.0 Å². The number of hydrogen-bond donors (Lipinski definition) is 2. The van der Waals surface area contributed by atoms with Crippen LogP contribution in [0.1, 0.15) is 0 Å². The van der Waals surface area contributed by atoms with Gasteiger partial charge in [0, 0.05) is 0 Å². The van der Waals surface area contributed by atoms with Crippen LogP contribution < -0.4 is 9.44 Å². The summed E-state index contributed by atoms with van der Waals surface area (Å²) in [5.41, 5.74) is 0.0119. The van der Waals surface area contributed by atoms with Gasteiger partial charge in [-0.15, -0.1) is 0 Å². The lowest BCUT2D eigenvalue weighted by molar-refractivity contribution is 0.177. The number of methoxy groups -OCH3 is 1. The lowest BCUT2D eigenvalue weighted by Crippen LogP contribution is -2.35. The molecule has 88 valence electrons. The van der Waals surface area contributed by atoms with Crippen molar-refractivity contribution in [2.75, 3.05) is 11.8 Å². The first-order valence-corrected chi connectivity index (χ1v) is 5.41. The highest BCUT2D eigenvalue weighted by Crippen LogP contribution is 2.06. The zero-order valence-electron chi connectivity index (χ0n) is 8.10. The second-order valence-electron chi connectivity index (χ2n) is 2.57. The Hall–Kier alpha value is -1.90. The normalized spacial score (nSPS) is 10.6. The fourth-order valence-corrected chi connectivity index (χ4v) is 1.55. The number of carbonyl (C=O) groups is 1. The fourth-order valence-electron chi connectivity index (χ4n) is 0.768. The summed E-state index contributed by atoms with van der Waals surface area (Å²) in [5.74, 6) is -0.746. The van der Waals surface area contributed by atoms with E-state index in [2.05, 4.69) is 9.72 Å². The summed E-state index contributed by atoms with van der Waals surface area (Å²) >= 11 is 0. The van der Waals surface area contributed by atoms with E-state index in [1.807, 2.05) is 4.72 Å². The third kappa shape index (κ3) is 3.69. The van der Waals surface area contributed by atoms with Gasteiger partial charge in [0.25, 0.3) is 0 Å². The Morgan fingerprint density at radius 1 is 1.50 bits per heavy atom. The average Bonchev–Trinajstić information content (AvgIpc) is 2.20. The average molecular weight is 249 g/mol. The Morgan fingerprint density at radius 3 is 2.69 bits per heavy atom. The summed E-state index contributed by atoms with van der Waals surface area (Å²) in [5, 5.41) is 0. The Morgan fingerprint density at radius 2 is 2.19 bits per heavy atom. The number of ether oxygens (including phenoxy) is 1. The number of pyridine rings is 1. The van der Waals surface area contributed by atoms with Gasteiger partial charge >= 0.3 is 16.3 Å². The molecule has 0 saturated carbocycles. The van der Waals surface area contributed by atoms with Crippen molar-refractivity contribution in [2.45, 2.75) is 0 Å². The molecule has 0 bridgehead atoms. The molecule has 0 aliphatic heterocycles. The number of carbonyl (C=O) groups excluding carboxylic acids is 1. The lowest BCUT2D eigenvalue weighted by atomic mass is 10.4. The standard InChI is InChI=1S/C7H8FN3O4S/c1-15-7(12)11-16(13,14)10-5-2-3-6(8)9-4-5/h2-4,10H,1H3,(H,11,12). The summed E-state index contributed by atoms with van der Waals surface area (Å²) in [4.78, 5) is 13.9. The molecule has 16 heavy (non-hydrogen) atoms. The van der Waals surface area contributed by atoms with Crippen molar-refractivity contribution in [1.82, 2.24) is 9.71 Å². The van der Waals surface area contributed by atoms with Crippen LogP contribution in [-0.2, 0) is 14.9 Å². The predicted octanol–water partition coefficient (Wildman–Crippen LogP) is 0.233. The van der Waals surface area contributed by atoms with Crippen LogP contribution in [0.3, 0.4) is 0 Å². The van der Waals surface area contributed by atoms with E-state index < -0.39 is 22.3 Å². The molecular formula is C7H8FN3O4S. The Labute approximate surface area is 90.8 Å². The molecule has 7 nitrogen and oxygen atoms in total. The highest BCUT2D eigenvalue weighted by atomic mass is 32.2. The minimum Gasteiger partial charge on any atom is -0.452 e. The molecule has 1 aromatic heterocycles. The maximum atomic E-state index is 12.4. The highest BCUT2D eigenvalue weighted by molar-refractivity contribution is 7.91. The van der Waals surface area contributed by atoms with Crippen LogP contribution in [-0.4, -0.2) is 26.6 Å². The minimum atomic E-state index is -4.10. The SMILES string of the molecule is COC(=O)NS(=O)(=O)Nc1ccc(F)nc1. The molecule has 0 radical (unpaired) electrons. The number of nitrogens with zero attached hydrogens (tertiary/aromatic N) is 1. The van der Waals surface area contributed by atoms with E-state index in [4.69, 9.17) is 0 Å². The number of halogens is 1. The number of nitrogens with one attached hydrogen (secondary N) is 2. The monoisotopic (exact) mass is 249 g/mol. The molecule has 1 heterocycles. The number of hydrogen-bond acceptors (Lipinski definition) is 5.